The van der Waals surface area contributed by atoms with Crippen molar-refractivity contribution in [2.75, 3.05) is 39.3 Å². The van der Waals surface area contributed by atoms with E-state index < -0.39 is 140 Å². The molecule has 0 aliphatic carbocycles. The van der Waals surface area contributed by atoms with E-state index in [0.717, 1.165) is 35.9 Å². The number of hydrogen-bond acceptors (Lipinski definition) is 12. The number of rotatable bonds is 26. The highest BCUT2D eigenvalue weighted by Crippen LogP contribution is 2.41. The second-order valence-corrected chi connectivity index (χ2v) is 18.9. The maximum Gasteiger partial charge on any atom is 0.407 e. The van der Waals surface area contributed by atoms with Gasteiger partial charge in [-0.2, -0.15) is 0 Å². The number of aliphatic carboxylic acids is 1. The van der Waals surface area contributed by atoms with Crippen LogP contribution in [0, 0.1) is 17.0 Å². The Bertz CT molecular complexity index is 2820. The molecule has 0 saturated carbocycles. The van der Waals surface area contributed by atoms with E-state index in [1.54, 1.807) is 80.1 Å². The summed E-state index contributed by atoms with van der Waals surface area (Å²) in [6, 6.07) is 16.4. The Morgan fingerprint density at radius 1 is 0.740 bits per heavy atom. The highest BCUT2D eigenvalue weighted by molar-refractivity contribution is 6.14. The lowest BCUT2D eigenvalue weighted by Crippen LogP contribution is -2.58. The molecule has 1 aromatic heterocycles. The Balaban J connectivity index is 1.38. The molecule has 410 valence electrons. The van der Waals surface area contributed by atoms with Gasteiger partial charge in [0.2, 0.25) is 35.4 Å². The molecule has 1 aliphatic heterocycles. The number of hydrogen-bond donors (Lipinski definition) is 8. The molecular weight excluding hydrogens is 1010 g/mol. The Kier molecular flexibility index (Phi) is 21.2. The number of ether oxygens (including phenoxy) is 1. The first-order valence-electron chi connectivity index (χ1n) is 24.3. The van der Waals surface area contributed by atoms with Crippen LogP contribution in [0.1, 0.15) is 63.4 Å². The summed E-state index contributed by atoms with van der Waals surface area (Å²) in [4.78, 5) is 131. The summed E-state index contributed by atoms with van der Waals surface area (Å²) in [6.07, 6.45) is 1.18. The number of nitrogens with one attached hydrogen (secondary N) is 6. The molecule has 8 N–H and O–H groups in total. The van der Waals surface area contributed by atoms with Crippen molar-refractivity contribution in [3.05, 3.63) is 132 Å². The molecule has 4 atom stereocenters. The average Bonchev–Trinajstić information content (AvgIpc) is 3.94. The lowest BCUT2D eigenvalue weighted by atomic mass is 9.82. The molecule has 0 radical (unpaired) electrons. The zero-order valence-electron chi connectivity index (χ0n) is 42.7. The number of carboxylic acids is 1. The third-order valence-electron chi connectivity index (χ3n) is 11.9. The number of alkyl carbamates (subject to hydrolysis) is 1. The molecular formula is C53H61F2N9O13. The fourth-order valence-electron chi connectivity index (χ4n) is 8.17. The van der Waals surface area contributed by atoms with E-state index in [1.807, 2.05) is 18.2 Å². The maximum absolute atomic E-state index is 15.4. The number of nitrogens with zero attached hydrogens (tertiary/aromatic N) is 3. The molecule has 77 heavy (non-hydrogen) atoms. The normalized spacial score (nSPS) is 13.6. The largest absolute Gasteiger partial charge is 0.481 e. The SMILES string of the molecule is C[C@H](NC(=O)CNC(=O)OCc1ccccc1)C(=O)N[C@@H](CC(=O)O)C(=O)N[C@@H](CCN(C(=O)CO)[C@@H](c1cc(-c2cc(F)ccc2F)cn1Cc1ccccc1)C(C)(C)C)C(=O)NCCNC(=O)CN1C(=O)C=CC1=O. The van der Waals surface area contributed by atoms with Crippen molar-refractivity contribution in [1.82, 2.24) is 46.3 Å². The molecule has 22 nitrogen and oxygen atoms in total. The Morgan fingerprint density at radius 3 is 1.99 bits per heavy atom. The summed E-state index contributed by atoms with van der Waals surface area (Å²) in [5, 5.41) is 34.5. The van der Waals surface area contributed by atoms with Gasteiger partial charge in [0, 0.05) is 61.3 Å². The maximum atomic E-state index is 15.4. The van der Waals surface area contributed by atoms with E-state index >= 15 is 4.39 Å². The summed E-state index contributed by atoms with van der Waals surface area (Å²) in [6.45, 7) is 3.40. The molecule has 0 saturated heterocycles. The van der Waals surface area contributed by atoms with Crippen LogP contribution in [-0.2, 0) is 61.0 Å². The van der Waals surface area contributed by atoms with Crippen molar-refractivity contribution >= 4 is 59.3 Å². The first kappa shape index (κ1) is 59.1. The number of aliphatic hydroxyl groups is 1. The zero-order valence-corrected chi connectivity index (χ0v) is 42.7. The lowest BCUT2D eigenvalue weighted by Gasteiger charge is -2.41. The minimum atomic E-state index is -1.88. The molecule has 4 aromatic rings. The number of halogens is 2. The lowest BCUT2D eigenvalue weighted by molar-refractivity contribution is -0.142. The highest BCUT2D eigenvalue weighted by Gasteiger charge is 2.39. The number of aliphatic hydroxyl groups excluding tert-OH is 1. The second-order valence-electron chi connectivity index (χ2n) is 18.9. The molecule has 1 aliphatic rings. The van der Waals surface area contributed by atoms with Crippen molar-refractivity contribution in [2.45, 2.75) is 77.9 Å². The van der Waals surface area contributed by atoms with Gasteiger partial charge in [-0.25, -0.2) is 13.6 Å². The van der Waals surface area contributed by atoms with Gasteiger partial charge in [-0.15, -0.1) is 0 Å². The Labute approximate surface area is 441 Å². The summed E-state index contributed by atoms with van der Waals surface area (Å²) in [5.74, 6) is -10.0. The van der Waals surface area contributed by atoms with E-state index in [0.29, 0.717) is 16.2 Å². The predicted molar refractivity (Wildman–Crippen MR) is 271 cm³/mol. The van der Waals surface area contributed by atoms with Crippen LogP contribution in [0.25, 0.3) is 11.1 Å². The number of benzene rings is 3. The number of amides is 9. The molecule has 0 spiro atoms. The van der Waals surface area contributed by atoms with E-state index in [2.05, 4.69) is 31.9 Å². The van der Waals surface area contributed by atoms with Crippen molar-refractivity contribution in [3.8, 4) is 11.1 Å². The number of aromatic nitrogens is 1. The van der Waals surface area contributed by atoms with Crippen molar-refractivity contribution < 1.29 is 71.7 Å². The monoisotopic (exact) mass is 1070 g/mol. The third kappa shape index (κ3) is 17.7. The quantitative estimate of drug-likeness (QED) is 0.0329. The Morgan fingerprint density at radius 2 is 1.36 bits per heavy atom. The minimum absolute atomic E-state index is 0.0787. The van der Waals surface area contributed by atoms with Gasteiger partial charge in [0.15, 0.2) is 0 Å². The van der Waals surface area contributed by atoms with Gasteiger partial charge in [-0.05, 0) is 54.2 Å². The first-order chi connectivity index (χ1) is 36.5. The molecule has 0 bridgehead atoms. The number of carbonyl (C=O) groups excluding carboxylic acids is 9. The summed E-state index contributed by atoms with van der Waals surface area (Å²) < 4.78 is 36.8. The Hall–Kier alpha value is -8.80. The van der Waals surface area contributed by atoms with Crippen LogP contribution in [0.4, 0.5) is 13.6 Å². The van der Waals surface area contributed by atoms with E-state index in [4.69, 9.17) is 4.74 Å². The number of imide groups is 1. The van der Waals surface area contributed by atoms with Crippen LogP contribution in [0.3, 0.4) is 0 Å². The van der Waals surface area contributed by atoms with Gasteiger partial charge in [-0.1, -0.05) is 81.4 Å². The van der Waals surface area contributed by atoms with Crippen molar-refractivity contribution in [3.63, 3.8) is 0 Å². The smallest absolute Gasteiger partial charge is 0.407 e. The van der Waals surface area contributed by atoms with Crippen LogP contribution in [-0.4, -0.2) is 141 Å². The van der Waals surface area contributed by atoms with E-state index in [1.165, 1.54) is 11.8 Å². The third-order valence-corrected chi connectivity index (χ3v) is 11.9. The predicted octanol–water partition coefficient (Wildman–Crippen LogP) is 1.81. The first-order valence-corrected chi connectivity index (χ1v) is 24.3. The fourth-order valence-corrected chi connectivity index (χ4v) is 8.17. The molecule has 0 fully saturated rings. The zero-order chi connectivity index (χ0) is 56.4. The number of carboxylic acid groups (broad SMARTS) is 1. The average molecular weight is 1070 g/mol. The van der Waals surface area contributed by atoms with E-state index in [-0.39, 0.29) is 37.4 Å². The molecule has 3 aromatic carbocycles. The molecule has 0 unspecified atom stereocenters. The van der Waals surface area contributed by atoms with Crippen LogP contribution in [0.15, 0.2) is 103 Å². The van der Waals surface area contributed by atoms with Gasteiger partial charge >= 0.3 is 12.1 Å². The molecule has 5 rings (SSSR count). The van der Waals surface area contributed by atoms with Gasteiger partial charge in [0.25, 0.3) is 11.8 Å². The second kappa shape index (κ2) is 27.7. The van der Waals surface area contributed by atoms with Crippen molar-refractivity contribution in [2.24, 2.45) is 5.41 Å². The standard InChI is InChI=1S/C53H61F2N9O13/c1-32(59-42(66)26-58-52(76)77-31-34-13-9-6-10-14-34)49(73)61-40(25-47(71)72)51(75)60-39(50(74)57-21-20-56-43(67)29-64-44(68)17-18-45(64)69)19-22-63(46(70)30-65)48(53(2,3)4)41-23-35(37-24-36(54)15-16-38(37)55)28-62(41)27-33-11-7-5-8-12-33/h5-18,23-24,28,32,39-40,48,65H,19-22,25-27,29-31H2,1-4H3,(H,56,67)(H,57,74)(H,58,76)(H,59,66)(H,60,75)(H,61,73)(H,71,72)/t32-,39-,40-,48-/m0/s1. The van der Waals surface area contributed by atoms with Gasteiger partial charge in [0.1, 0.15) is 56.1 Å². The topological polar surface area (TPSA) is 304 Å². The summed E-state index contributed by atoms with van der Waals surface area (Å²) in [5.41, 5.74) is 1.14. The van der Waals surface area contributed by atoms with Crippen LogP contribution in [0.5, 0.6) is 0 Å². The molecule has 9 amide bonds. The van der Waals surface area contributed by atoms with Crippen LogP contribution < -0.4 is 31.9 Å². The minimum Gasteiger partial charge on any atom is -0.481 e. The molecule has 24 heteroatoms. The van der Waals surface area contributed by atoms with Crippen LogP contribution in [0.2, 0.25) is 0 Å². The van der Waals surface area contributed by atoms with E-state index in [9.17, 15) is 62.5 Å². The van der Waals surface area contributed by atoms with Gasteiger partial charge < -0.3 is 56.3 Å². The van der Waals surface area contributed by atoms with Crippen molar-refractivity contribution in [1.29, 1.82) is 0 Å². The van der Waals surface area contributed by atoms with Gasteiger partial charge in [-0.3, -0.25) is 48.1 Å². The summed E-state index contributed by atoms with van der Waals surface area (Å²) >= 11 is 0. The highest BCUT2D eigenvalue weighted by atomic mass is 19.1. The fraction of sp³-hybridized carbons (Fsp3) is 0.358. The summed E-state index contributed by atoms with van der Waals surface area (Å²) in [7, 11) is 0. The van der Waals surface area contributed by atoms with Crippen LogP contribution >= 0.6 is 0 Å². The number of carbonyl (C=O) groups is 10. The molecule has 2 heterocycles. The van der Waals surface area contributed by atoms with Gasteiger partial charge in [0.05, 0.1) is 12.5 Å².